The van der Waals surface area contributed by atoms with Crippen LogP contribution in [0.5, 0.6) is 0 Å². The molecule has 0 aliphatic heterocycles. The lowest BCUT2D eigenvalue weighted by atomic mass is 10.1. The molecule has 24 heavy (non-hydrogen) atoms. The van der Waals surface area contributed by atoms with Crippen LogP contribution in [-0.2, 0) is 14.3 Å². The van der Waals surface area contributed by atoms with E-state index in [1.54, 1.807) is 0 Å². The van der Waals surface area contributed by atoms with E-state index in [0.717, 1.165) is 6.42 Å². The highest BCUT2D eigenvalue weighted by atomic mass is 35.5. The standard InChI is InChI=1S/C17H23ClN2O4/c1-11(2)7-8-20(12(3)21)10-16(22)19-15-9-13(17(23)24-4)5-6-14(15)18/h5-6,9,11H,7-8,10H2,1-4H3,(H,19,22). The maximum Gasteiger partial charge on any atom is 0.337 e. The van der Waals surface area contributed by atoms with E-state index in [-0.39, 0.29) is 23.9 Å². The summed E-state index contributed by atoms with van der Waals surface area (Å²) in [5.74, 6) is -0.636. The number of nitrogens with one attached hydrogen (secondary N) is 1. The van der Waals surface area contributed by atoms with Gasteiger partial charge in [0, 0.05) is 13.5 Å². The smallest absolute Gasteiger partial charge is 0.337 e. The van der Waals surface area contributed by atoms with E-state index in [1.807, 2.05) is 0 Å². The zero-order valence-corrected chi connectivity index (χ0v) is 15.1. The second-order valence-corrected chi connectivity index (χ2v) is 6.26. The summed E-state index contributed by atoms with van der Waals surface area (Å²) in [5.41, 5.74) is 0.581. The van der Waals surface area contributed by atoms with Gasteiger partial charge in [-0.05, 0) is 30.5 Å². The van der Waals surface area contributed by atoms with Crippen LogP contribution < -0.4 is 5.32 Å². The summed E-state index contributed by atoms with van der Waals surface area (Å²) in [6.07, 6.45) is 0.811. The van der Waals surface area contributed by atoms with Crippen LogP contribution in [0, 0.1) is 5.92 Å². The van der Waals surface area contributed by atoms with Crippen molar-refractivity contribution in [3.8, 4) is 0 Å². The van der Waals surface area contributed by atoms with E-state index >= 15 is 0 Å². The number of nitrogens with zero attached hydrogens (tertiary/aromatic N) is 1. The summed E-state index contributed by atoms with van der Waals surface area (Å²) in [7, 11) is 1.27. The van der Waals surface area contributed by atoms with Crippen molar-refractivity contribution >= 4 is 35.1 Å². The second-order valence-electron chi connectivity index (χ2n) is 5.86. The SMILES string of the molecule is COC(=O)c1ccc(Cl)c(NC(=O)CN(CCC(C)C)C(C)=O)c1. The van der Waals surface area contributed by atoms with Crippen molar-refractivity contribution in [2.24, 2.45) is 5.92 Å². The Morgan fingerprint density at radius 3 is 2.50 bits per heavy atom. The molecule has 2 amide bonds. The Morgan fingerprint density at radius 2 is 1.96 bits per heavy atom. The molecule has 0 aromatic heterocycles. The first-order valence-electron chi connectivity index (χ1n) is 7.67. The molecular formula is C17H23ClN2O4. The number of rotatable bonds is 7. The number of hydrogen-bond acceptors (Lipinski definition) is 4. The van der Waals surface area contributed by atoms with Crippen LogP contribution in [-0.4, -0.2) is 42.9 Å². The molecule has 0 radical (unpaired) electrons. The van der Waals surface area contributed by atoms with Crippen LogP contribution in [0.2, 0.25) is 5.02 Å². The van der Waals surface area contributed by atoms with Crippen LogP contribution in [0.3, 0.4) is 0 Å². The molecule has 0 aliphatic rings. The Morgan fingerprint density at radius 1 is 1.29 bits per heavy atom. The Kier molecular flexibility index (Phi) is 7.71. The number of anilines is 1. The van der Waals surface area contributed by atoms with Crippen LogP contribution in [0.25, 0.3) is 0 Å². The second kappa shape index (κ2) is 9.27. The number of amides is 2. The highest BCUT2D eigenvalue weighted by Crippen LogP contribution is 2.23. The largest absolute Gasteiger partial charge is 0.465 e. The number of esters is 1. The third-order valence-corrected chi connectivity index (χ3v) is 3.75. The van der Waals surface area contributed by atoms with Gasteiger partial charge in [-0.2, -0.15) is 0 Å². The third-order valence-electron chi connectivity index (χ3n) is 3.42. The Labute approximate surface area is 147 Å². The maximum absolute atomic E-state index is 12.2. The van der Waals surface area contributed by atoms with E-state index in [2.05, 4.69) is 23.9 Å². The lowest BCUT2D eigenvalue weighted by Crippen LogP contribution is -2.37. The molecule has 0 spiro atoms. The van der Waals surface area contributed by atoms with E-state index < -0.39 is 5.97 Å². The van der Waals surface area contributed by atoms with Gasteiger partial charge in [0.05, 0.1) is 29.9 Å². The minimum atomic E-state index is -0.524. The molecule has 1 aromatic rings. The number of methoxy groups -OCH3 is 1. The van der Waals surface area contributed by atoms with Crippen molar-refractivity contribution in [1.29, 1.82) is 0 Å². The summed E-state index contributed by atoms with van der Waals surface area (Å²) in [6.45, 7) is 5.97. The van der Waals surface area contributed by atoms with Gasteiger partial charge in [0.25, 0.3) is 0 Å². The summed E-state index contributed by atoms with van der Waals surface area (Å²) in [4.78, 5) is 36.9. The van der Waals surface area contributed by atoms with Crippen molar-refractivity contribution in [1.82, 2.24) is 4.90 Å². The van der Waals surface area contributed by atoms with Gasteiger partial charge in [-0.1, -0.05) is 25.4 Å². The number of ether oxygens (including phenoxy) is 1. The molecule has 0 saturated heterocycles. The maximum atomic E-state index is 12.2. The molecule has 1 rings (SSSR count). The quantitative estimate of drug-likeness (QED) is 0.764. The fourth-order valence-corrected chi connectivity index (χ4v) is 2.16. The Balaban J connectivity index is 2.79. The van der Waals surface area contributed by atoms with Crippen molar-refractivity contribution in [2.75, 3.05) is 25.5 Å². The summed E-state index contributed by atoms with van der Waals surface area (Å²) in [6, 6.07) is 4.46. The fourth-order valence-electron chi connectivity index (χ4n) is 1.99. The predicted molar refractivity (Wildman–Crippen MR) is 93.1 cm³/mol. The van der Waals surface area contributed by atoms with Gasteiger partial charge >= 0.3 is 5.97 Å². The van der Waals surface area contributed by atoms with Gasteiger partial charge in [0.15, 0.2) is 0 Å². The minimum Gasteiger partial charge on any atom is -0.465 e. The van der Waals surface area contributed by atoms with Gasteiger partial charge in [-0.25, -0.2) is 4.79 Å². The normalized spacial score (nSPS) is 10.4. The van der Waals surface area contributed by atoms with Crippen molar-refractivity contribution < 1.29 is 19.1 Å². The highest BCUT2D eigenvalue weighted by Gasteiger charge is 2.16. The van der Waals surface area contributed by atoms with Crippen LogP contribution >= 0.6 is 11.6 Å². The molecule has 1 N–H and O–H groups in total. The fraction of sp³-hybridized carbons (Fsp3) is 0.471. The van der Waals surface area contributed by atoms with Crippen LogP contribution in [0.1, 0.15) is 37.6 Å². The molecule has 0 atom stereocenters. The zero-order valence-electron chi connectivity index (χ0n) is 14.4. The molecule has 0 aliphatic carbocycles. The topological polar surface area (TPSA) is 75.7 Å². The predicted octanol–water partition coefficient (Wildman–Crippen LogP) is 2.96. The van der Waals surface area contributed by atoms with E-state index in [1.165, 1.54) is 37.1 Å². The summed E-state index contributed by atoms with van der Waals surface area (Å²) < 4.78 is 4.64. The number of benzene rings is 1. The van der Waals surface area contributed by atoms with E-state index in [0.29, 0.717) is 23.2 Å². The number of hydrogen-bond donors (Lipinski definition) is 1. The number of carbonyl (C=O) groups is 3. The van der Waals surface area contributed by atoms with Gasteiger partial charge in [-0.3, -0.25) is 9.59 Å². The van der Waals surface area contributed by atoms with Crippen LogP contribution in [0.4, 0.5) is 5.69 Å². The van der Waals surface area contributed by atoms with Gasteiger partial charge < -0.3 is 15.0 Å². The molecule has 0 unspecified atom stereocenters. The molecule has 0 heterocycles. The highest BCUT2D eigenvalue weighted by molar-refractivity contribution is 6.33. The monoisotopic (exact) mass is 354 g/mol. The number of carbonyl (C=O) groups excluding carboxylic acids is 3. The lowest BCUT2D eigenvalue weighted by Gasteiger charge is -2.21. The van der Waals surface area contributed by atoms with E-state index in [4.69, 9.17) is 11.6 Å². The average molecular weight is 355 g/mol. The Bertz CT molecular complexity index is 617. The molecule has 1 aromatic carbocycles. The summed E-state index contributed by atoms with van der Waals surface area (Å²) in [5, 5.41) is 2.93. The molecule has 7 heteroatoms. The van der Waals surface area contributed by atoms with Gasteiger partial charge in [0.2, 0.25) is 11.8 Å². The van der Waals surface area contributed by atoms with Crippen molar-refractivity contribution in [2.45, 2.75) is 27.2 Å². The molecule has 0 fully saturated rings. The van der Waals surface area contributed by atoms with Crippen LogP contribution in [0.15, 0.2) is 18.2 Å². The minimum absolute atomic E-state index is 0.0686. The van der Waals surface area contributed by atoms with E-state index in [9.17, 15) is 14.4 Å². The average Bonchev–Trinajstić information content (AvgIpc) is 2.52. The Hall–Kier alpha value is -2.08. The molecule has 0 bridgehead atoms. The van der Waals surface area contributed by atoms with Gasteiger partial charge in [-0.15, -0.1) is 0 Å². The summed E-state index contributed by atoms with van der Waals surface area (Å²) >= 11 is 6.04. The molecule has 132 valence electrons. The first kappa shape index (κ1) is 20.0. The van der Waals surface area contributed by atoms with Crippen molar-refractivity contribution in [3.05, 3.63) is 28.8 Å². The van der Waals surface area contributed by atoms with Gasteiger partial charge in [0.1, 0.15) is 0 Å². The lowest BCUT2D eigenvalue weighted by molar-refractivity contribution is -0.132. The molecule has 0 saturated carbocycles. The molecule has 6 nitrogen and oxygen atoms in total. The third kappa shape index (κ3) is 6.20. The first-order chi connectivity index (χ1) is 11.2. The zero-order chi connectivity index (χ0) is 18.3. The first-order valence-corrected chi connectivity index (χ1v) is 8.05. The number of halogens is 1. The molecular weight excluding hydrogens is 332 g/mol. The van der Waals surface area contributed by atoms with Crippen molar-refractivity contribution in [3.63, 3.8) is 0 Å².